The van der Waals surface area contributed by atoms with Crippen molar-refractivity contribution in [1.82, 2.24) is 9.21 Å². The van der Waals surface area contributed by atoms with Crippen LogP contribution in [0, 0.1) is 0 Å². The van der Waals surface area contributed by atoms with E-state index in [0.717, 1.165) is 5.69 Å². The maximum absolute atomic E-state index is 12.7. The molecule has 0 atom stereocenters. The summed E-state index contributed by atoms with van der Waals surface area (Å²) in [7, 11) is 0.349. The monoisotopic (exact) mass is 423 g/mol. The lowest BCUT2D eigenvalue weighted by atomic mass is 10.3. The van der Waals surface area contributed by atoms with Crippen LogP contribution in [0.1, 0.15) is 0 Å². The van der Waals surface area contributed by atoms with Gasteiger partial charge in [0.15, 0.2) is 12.4 Å². The normalized spacial score (nSPS) is 15.5. The van der Waals surface area contributed by atoms with Gasteiger partial charge in [-0.15, -0.1) is 0 Å². The molecule has 1 aliphatic rings. The average molecular weight is 424 g/mol. The molecule has 7 nitrogen and oxygen atoms in total. The molecule has 0 N–H and O–H groups in total. The zero-order chi connectivity index (χ0) is 20.3. The molecule has 0 bridgehead atoms. The number of halogens is 1. The molecule has 1 aliphatic heterocycles. The van der Waals surface area contributed by atoms with Crippen molar-refractivity contribution in [1.29, 1.82) is 0 Å². The molecule has 1 amide bonds. The van der Waals surface area contributed by atoms with Crippen molar-refractivity contribution in [2.24, 2.45) is 0 Å². The number of hydrogen-bond acceptors (Lipinski definition) is 4. The predicted molar refractivity (Wildman–Crippen MR) is 108 cm³/mol. The Balaban J connectivity index is 1.58. The molecule has 150 valence electrons. The highest BCUT2D eigenvalue weighted by molar-refractivity contribution is 7.89. The van der Waals surface area contributed by atoms with E-state index in [4.69, 9.17) is 11.6 Å². The molecule has 2 aromatic rings. The number of rotatable bonds is 5. The number of amides is 1. The average Bonchev–Trinajstić information content (AvgIpc) is 2.69. The summed E-state index contributed by atoms with van der Waals surface area (Å²) in [5, 5.41) is 0.491. The zero-order valence-corrected chi connectivity index (χ0v) is 17.5. The lowest BCUT2D eigenvalue weighted by molar-refractivity contribution is -0.685. The van der Waals surface area contributed by atoms with E-state index in [1.807, 2.05) is 48.1 Å². The van der Waals surface area contributed by atoms with Crippen molar-refractivity contribution in [3.05, 3.63) is 53.8 Å². The second-order valence-corrected chi connectivity index (χ2v) is 9.24. The van der Waals surface area contributed by atoms with E-state index < -0.39 is 10.0 Å². The Morgan fingerprint density at radius 2 is 1.61 bits per heavy atom. The van der Waals surface area contributed by atoms with Crippen LogP contribution in [0.25, 0.3) is 0 Å². The van der Waals surface area contributed by atoms with E-state index in [1.54, 1.807) is 17.0 Å². The number of sulfonamides is 1. The van der Waals surface area contributed by atoms with Crippen LogP contribution in [0.5, 0.6) is 0 Å². The van der Waals surface area contributed by atoms with Gasteiger partial charge < -0.3 is 9.80 Å². The van der Waals surface area contributed by atoms with E-state index in [1.165, 1.54) is 16.4 Å². The van der Waals surface area contributed by atoms with Crippen molar-refractivity contribution in [2.45, 2.75) is 11.4 Å². The molecule has 9 heteroatoms. The first-order chi connectivity index (χ1) is 13.3. The van der Waals surface area contributed by atoms with Crippen molar-refractivity contribution in [2.75, 3.05) is 45.2 Å². The van der Waals surface area contributed by atoms with Crippen LogP contribution in [-0.2, 0) is 21.4 Å². The van der Waals surface area contributed by atoms with E-state index in [2.05, 4.69) is 0 Å². The SMILES string of the molecule is CN(C)c1cc[n+](CC(=O)N2CCN(S(=O)(=O)c3ccc(Cl)cc3)CC2)cc1. The molecule has 0 radical (unpaired) electrons. The maximum Gasteiger partial charge on any atom is 0.288 e. The van der Waals surface area contributed by atoms with Gasteiger partial charge in [-0.1, -0.05) is 11.6 Å². The van der Waals surface area contributed by atoms with Crippen LogP contribution in [0.4, 0.5) is 5.69 Å². The minimum absolute atomic E-state index is 0.0221. The van der Waals surface area contributed by atoms with Gasteiger partial charge in [-0.3, -0.25) is 4.79 Å². The maximum atomic E-state index is 12.7. The minimum Gasteiger partial charge on any atom is -0.377 e. The van der Waals surface area contributed by atoms with E-state index >= 15 is 0 Å². The summed E-state index contributed by atoms with van der Waals surface area (Å²) in [4.78, 5) is 16.5. The summed E-state index contributed by atoms with van der Waals surface area (Å²) < 4.78 is 28.7. The topological polar surface area (TPSA) is 64.8 Å². The van der Waals surface area contributed by atoms with Crippen molar-refractivity contribution in [3.63, 3.8) is 0 Å². The fraction of sp³-hybridized carbons (Fsp3) is 0.368. The van der Waals surface area contributed by atoms with Crippen LogP contribution < -0.4 is 9.47 Å². The third-order valence-electron chi connectivity index (χ3n) is 4.75. The molecule has 1 aromatic carbocycles. The molecule has 1 fully saturated rings. The molecular formula is C19H24ClN4O3S+. The molecule has 0 spiro atoms. The van der Waals surface area contributed by atoms with Crippen molar-refractivity contribution < 1.29 is 17.8 Å². The highest BCUT2D eigenvalue weighted by Gasteiger charge is 2.30. The van der Waals surface area contributed by atoms with Gasteiger partial charge in [0, 0.05) is 63.1 Å². The minimum atomic E-state index is -3.57. The molecule has 28 heavy (non-hydrogen) atoms. The standard InChI is InChI=1S/C19H24ClN4O3S/c1-21(2)17-7-9-22(10-8-17)15-19(25)23-11-13-24(14-12-23)28(26,27)18-5-3-16(20)4-6-18/h3-10H,11-15H2,1-2H3/q+1. The highest BCUT2D eigenvalue weighted by atomic mass is 35.5. The van der Waals surface area contributed by atoms with Crippen LogP contribution >= 0.6 is 11.6 Å². The van der Waals surface area contributed by atoms with Gasteiger partial charge in [0.1, 0.15) is 0 Å². The molecule has 1 aromatic heterocycles. The first-order valence-corrected chi connectivity index (χ1v) is 10.8. The van der Waals surface area contributed by atoms with Crippen molar-refractivity contribution >= 4 is 33.2 Å². The Morgan fingerprint density at radius 1 is 1.04 bits per heavy atom. The molecule has 0 aliphatic carbocycles. The van der Waals surface area contributed by atoms with Crippen LogP contribution in [-0.4, -0.2) is 63.8 Å². The number of aromatic nitrogens is 1. The largest absolute Gasteiger partial charge is 0.377 e. The molecule has 3 rings (SSSR count). The van der Waals surface area contributed by atoms with Gasteiger partial charge in [-0.2, -0.15) is 8.87 Å². The molecule has 2 heterocycles. The first-order valence-electron chi connectivity index (χ1n) is 8.97. The van der Waals surface area contributed by atoms with Gasteiger partial charge in [0.25, 0.3) is 5.91 Å². The number of nitrogens with zero attached hydrogens (tertiary/aromatic N) is 4. The Kier molecular flexibility index (Phi) is 6.22. The Labute approximate surface area is 170 Å². The summed E-state index contributed by atoms with van der Waals surface area (Å²) in [6.07, 6.45) is 3.74. The fourth-order valence-electron chi connectivity index (χ4n) is 3.04. The van der Waals surface area contributed by atoms with Gasteiger partial charge >= 0.3 is 0 Å². The van der Waals surface area contributed by atoms with E-state index in [9.17, 15) is 13.2 Å². The fourth-order valence-corrected chi connectivity index (χ4v) is 4.59. The summed E-state index contributed by atoms with van der Waals surface area (Å²) in [6, 6.07) is 10.0. The summed E-state index contributed by atoms with van der Waals surface area (Å²) in [6.45, 7) is 1.55. The van der Waals surface area contributed by atoms with Crippen LogP contribution in [0.15, 0.2) is 53.7 Å². The third-order valence-corrected chi connectivity index (χ3v) is 6.92. The van der Waals surface area contributed by atoms with Crippen LogP contribution in [0.3, 0.4) is 0 Å². The van der Waals surface area contributed by atoms with Gasteiger partial charge in [-0.25, -0.2) is 8.42 Å². The summed E-state index contributed by atoms with van der Waals surface area (Å²) >= 11 is 5.84. The highest BCUT2D eigenvalue weighted by Crippen LogP contribution is 2.20. The summed E-state index contributed by atoms with van der Waals surface area (Å²) in [5.74, 6) is -0.0221. The zero-order valence-electron chi connectivity index (χ0n) is 16.0. The number of pyridine rings is 1. The lowest BCUT2D eigenvalue weighted by Crippen LogP contribution is -2.53. The van der Waals surface area contributed by atoms with Gasteiger partial charge in [-0.05, 0) is 24.3 Å². The summed E-state index contributed by atoms with van der Waals surface area (Å²) in [5.41, 5.74) is 1.06. The molecule has 0 unspecified atom stereocenters. The quantitative estimate of drug-likeness (QED) is 0.678. The third kappa shape index (κ3) is 4.63. The molecular weight excluding hydrogens is 400 g/mol. The molecule has 0 saturated carbocycles. The number of carbonyl (C=O) groups excluding carboxylic acids is 1. The molecule has 1 saturated heterocycles. The lowest BCUT2D eigenvalue weighted by Gasteiger charge is -2.33. The number of carbonyl (C=O) groups is 1. The van der Waals surface area contributed by atoms with Gasteiger partial charge in [0.2, 0.25) is 16.6 Å². The van der Waals surface area contributed by atoms with Crippen molar-refractivity contribution in [3.8, 4) is 0 Å². The van der Waals surface area contributed by atoms with Crippen LogP contribution in [0.2, 0.25) is 5.02 Å². The second-order valence-electron chi connectivity index (χ2n) is 6.86. The smallest absolute Gasteiger partial charge is 0.288 e. The Morgan fingerprint density at radius 3 is 2.14 bits per heavy atom. The number of piperazine rings is 1. The number of anilines is 1. The predicted octanol–water partition coefficient (Wildman–Crippen LogP) is 1.23. The van der Waals surface area contributed by atoms with E-state index in [0.29, 0.717) is 18.1 Å². The Hall–Kier alpha value is -2.16. The number of hydrogen-bond donors (Lipinski definition) is 0. The first kappa shape index (κ1) is 20.6. The second kappa shape index (κ2) is 8.46. The Bertz CT molecular complexity index is 923. The number of benzene rings is 1. The van der Waals surface area contributed by atoms with E-state index in [-0.39, 0.29) is 30.4 Å². The van der Waals surface area contributed by atoms with Gasteiger partial charge in [0.05, 0.1) is 4.90 Å².